The van der Waals surface area contributed by atoms with Crippen LogP contribution in [0.4, 0.5) is 0 Å². The summed E-state index contributed by atoms with van der Waals surface area (Å²) in [5, 5.41) is 6.88. The van der Waals surface area contributed by atoms with E-state index in [4.69, 9.17) is 18.9 Å². The molecule has 0 N–H and O–H groups in total. The molecule has 0 aliphatic rings. The predicted molar refractivity (Wildman–Crippen MR) is 172 cm³/mol. The van der Waals surface area contributed by atoms with E-state index in [9.17, 15) is 0 Å². The standard InChI is InChI=1S/C36H30N4O4/c1-23-16-33(42-3)36(34(17-23)43-4)24-21-38-39(22-24)25-8-7-9-27(18-25)44-28-12-13-30-29-10-5-6-11-31(29)40(32(30)19-28)35-20-26(41-2)14-15-37-35/h5-22H,1-4H3. The Kier molecular flexibility index (Phi) is 6.86. The first-order chi connectivity index (χ1) is 21.6. The molecule has 4 aromatic carbocycles. The molecule has 0 unspecified atom stereocenters. The van der Waals surface area contributed by atoms with Crippen molar-refractivity contribution in [2.75, 3.05) is 21.3 Å². The molecule has 0 aliphatic carbocycles. The highest BCUT2D eigenvalue weighted by Gasteiger charge is 2.17. The summed E-state index contributed by atoms with van der Waals surface area (Å²) in [6.07, 6.45) is 5.52. The Morgan fingerprint density at radius 1 is 0.659 bits per heavy atom. The van der Waals surface area contributed by atoms with Crippen LogP contribution in [0.1, 0.15) is 5.56 Å². The minimum absolute atomic E-state index is 0.687. The number of rotatable bonds is 8. The largest absolute Gasteiger partial charge is 0.497 e. The smallest absolute Gasteiger partial charge is 0.141 e. The lowest BCUT2D eigenvalue weighted by Gasteiger charge is -2.13. The quantitative estimate of drug-likeness (QED) is 0.180. The van der Waals surface area contributed by atoms with E-state index in [0.717, 1.165) is 67.2 Å². The summed E-state index contributed by atoms with van der Waals surface area (Å²) >= 11 is 0. The van der Waals surface area contributed by atoms with Crippen LogP contribution < -0.4 is 18.9 Å². The number of ether oxygens (including phenoxy) is 4. The normalized spacial score (nSPS) is 11.2. The molecule has 3 heterocycles. The molecule has 7 rings (SSSR count). The van der Waals surface area contributed by atoms with Gasteiger partial charge >= 0.3 is 0 Å². The predicted octanol–water partition coefficient (Wildman–Crippen LogP) is 8.16. The fraction of sp³-hybridized carbons (Fsp3) is 0.111. The van der Waals surface area contributed by atoms with Crippen molar-refractivity contribution >= 4 is 21.8 Å². The number of aromatic nitrogens is 4. The number of para-hydroxylation sites is 1. The highest BCUT2D eigenvalue weighted by Crippen LogP contribution is 2.40. The van der Waals surface area contributed by atoms with Crippen molar-refractivity contribution in [1.82, 2.24) is 19.3 Å². The van der Waals surface area contributed by atoms with Crippen molar-refractivity contribution in [3.05, 3.63) is 115 Å². The van der Waals surface area contributed by atoms with Gasteiger partial charge in [-0.2, -0.15) is 5.10 Å². The second kappa shape index (κ2) is 11.1. The molecule has 3 aromatic heterocycles. The van der Waals surface area contributed by atoms with Crippen LogP contribution in [0.2, 0.25) is 0 Å². The third kappa shape index (κ3) is 4.76. The Balaban J connectivity index is 1.25. The lowest BCUT2D eigenvalue weighted by Crippen LogP contribution is -1.98. The average molecular weight is 583 g/mol. The Morgan fingerprint density at radius 3 is 2.23 bits per heavy atom. The van der Waals surface area contributed by atoms with E-state index in [2.05, 4.69) is 32.8 Å². The number of hydrogen-bond donors (Lipinski definition) is 0. The summed E-state index contributed by atoms with van der Waals surface area (Å²) < 4.78 is 27.2. The maximum Gasteiger partial charge on any atom is 0.141 e. The molecule has 7 aromatic rings. The number of fused-ring (bicyclic) bond motifs is 3. The molecule has 218 valence electrons. The first-order valence-corrected chi connectivity index (χ1v) is 14.2. The molecule has 0 fully saturated rings. The van der Waals surface area contributed by atoms with Crippen LogP contribution in [-0.2, 0) is 0 Å². The van der Waals surface area contributed by atoms with Crippen molar-refractivity contribution in [3.63, 3.8) is 0 Å². The van der Waals surface area contributed by atoms with Gasteiger partial charge < -0.3 is 18.9 Å². The molecule has 8 nitrogen and oxygen atoms in total. The molecule has 0 bridgehead atoms. The molecule has 0 spiro atoms. The third-order valence-electron chi connectivity index (χ3n) is 7.67. The van der Waals surface area contributed by atoms with Gasteiger partial charge in [0.05, 0.1) is 49.8 Å². The van der Waals surface area contributed by atoms with E-state index in [1.807, 2.05) is 96.8 Å². The van der Waals surface area contributed by atoms with Crippen LogP contribution in [0.5, 0.6) is 28.7 Å². The second-order valence-electron chi connectivity index (χ2n) is 10.4. The van der Waals surface area contributed by atoms with Crippen molar-refractivity contribution < 1.29 is 18.9 Å². The molecule has 0 amide bonds. The number of hydrogen-bond acceptors (Lipinski definition) is 6. The zero-order valence-corrected chi connectivity index (χ0v) is 24.8. The summed E-state index contributed by atoms with van der Waals surface area (Å²) in [4.78, 5) is 4.66. The monoisotopic (exact) mass is 582 g/mol. The highest BCUT2D eigenvalue weighted by molar-refractivity contribution is 6.09. The number of benzene rings is 4. The summed E-state index contributed by atoms with van der Waals surface area (Å²) in [5.74, 6) is 4.37. The molecule has 0 radical (unpaired) electrons. The minimum atomic E-state index is 0.687. The Hall–Kier alpha value is -5.76. The van der Waals surface area contributed by atoms with Gasteiger partial charge in [0.1, 0.15) is 34.6 Å². The van der Waals surface area contributed by atoms with E-state index in [1.54, 1.807) is 27.5 Å². The lowest BCUT2D eigenvalue weighted by atomic mass is 10.0. The van der Waals surface area contributed by atoms with E-state index in [-0.39, 0.29) is 0 Å². The molecule has 0 aliphatic heterocycles. The Morgan fingerprint density at radius 2 is 1.43 bits per heavy atom. The van der Waals surface area contributed by atoms with Gasteiger partial charge in [0, 0.05) is 46.9 Å². The number of methoxy groups -OCH3 is 3. The van der Waals surface area contributed by atoms with E-state index in [0.29, 0.717) is 11.5 Å². The van der Waals surface area contributed by atoms with Crippen LogP contribution >= 0.6 is 0 Å². The van der Waals surface area contributed by atoms with Gasteiger partial charge in [-0.1, -0.05) is 24.3 Å². The van der Waals surface area contributed by atoms with Crippen molar-refractivity contribution in [3.8, 4) is 51.4 Å². The van der Waals surface area contributed by atoms with Gasteiger partial charge in [0.15, 0.2) is 0 Å². The van der Waals surface area contributed by atoms with Gasteiger partial charge in [0.25, 0.3) is 0 Å². The second-order valence-corrected chi connectivity index (χ2v) is 10.4. The van der Waals surface area contributed by atoms with Crippen LogP contribution in [0.3, 0.4) is 0 Å². The summed E-state index contributed by atoms with van der Waals surface area (Å²) in [5.41, 5.74) is 5.69. The van der Waals surface area contributed by atoms with Crippen LogP contribution in [0, 0.1) is 6.92 Å². The van der Waals surface area contributed by atoms with Crippen molar-refractivity contribution in [2.45, 2.75) is 6.92 Å². The van der Waals surface area contributed by atoms with E-state index in [1.165, 1.54) is 0 Å². The Bertz CT molecular complexity index is 2120. The zero-order valence-electron chi connectivity index (χ0n) is 24.8. The maximum absolute atomic E-state index is 6.42. The summed E-state index contributed by atoms with van der Waals surface area (Å²) in [6.45, 7) is 2.01. The lowest BCUT2D eigenvalue weighted by molar-refractivity contribution is 0.397. The molecule has 8 heteroatoms. The summed E-state index contributed by atoms with van der Waals surface area (Å²) in [7, 11) is 4.98. The first-order valence-electron chi connectivity index (χ1n) is 14.2. The topological polar surface area (TPSA) is 72.6 Å². The molecule has 0 saturated heterocycles. The van der Waals surface area contributed by atoms with Gasteiger partial charge in [-0.05, 0) is 61.0 Å². The Labute approximate surface area is 254 Å². The SMILES string of the molecule is COc1ccnc(-n2c3ccccc3c3ccc(Oc4cccc(-n5cc(-c6c(OC)cc(C)cc6OC)cn5)c4)cc32)c1. The number of aryl methyl sites for hydroxylation is 1. The van der Waals surface area contributed by atoms with Crippen LogP contribution in [-0.4, -0.2) is 40.7 Å². The number of nitrogens with zero attached hydrogens (tertiary/aromatic N) is 4. The fourth-order valence-corrected chi connectivity index (χ4v) is 5.66. The van der Waals surface area contributed by atoms with Crippen molar-refractivity contribution in [2.24, 2.45) is 0 Å². The minimum Gasteiger partial charge on any atom is -0.497 e. The van der Waals surface area contributed by atoms with Gasteiger partial charge in [0.2, 0.25) is 0 Å². The zero-order chi connectivity index (χ0) is 30.2. The molecular weight excluding hydrogens is 552 g/mol. The molecular formula is C36H30N4O4. The van der Waals surface area contributed by atoms with Crippen molar-refractivity contribution in [1.29, 1.82) is 0 Å². The fourth-order valence-electron chi connectivity index (χ4n) is 5.66. The van der Waals surface area contributed by atoms with Gasteiger partial charge in [-0.15, -0.1) is 0 Å². The van der Waals surface area contributed by atoms with Gasteiger partial charge in [-0.3, -0.25) is 4.57 Å². The van der Waals surface area contributed by atoms with Crippen LogP contribution in [0.15, 0.2) is 110 Å². The molecule has 44 heavy (non-hydrogen) atoms. The summed E-state index contributed by atoms with van der Waals surface area (Å²) in [6, 6.07) is 30.0. The maximum atomic E-state index is 6.42. The van der Waals surface area contributed by atoms with E-state index < -0.39 is 0 Å². The highest BCUT2D eigenvalue weighted by atomic mass is 16.5. The van der Waals surface area contributed by atoms with Gasteiger partial charge in [-0.25, -0.2) is 9.67 Å². The third-order valence-corrected chi connectivity index (χ3v) is 7.67. The van der Waals surface area contributed by atoms with E-state index >= 15 is 0 Å². The van der Waals surface area contributed by atoms with Crippen LogP contribution in [0.25, 0.3) is 44.4 Å². The number of pyridine rings is 1. The first kappa shape index (κ1) is 27.1. The average Bonchev–Trinajstić information content (AvgIpc) is 3.67. The molecule has 0 atom stereocenters. The molecule has 0 saturated carbocycles.